The minimum absolute atomic E-state index is 0.0483. The van der Waals surface area contributed by atoms with Gasteiger partial charge < -0.3 is 24.6 Å². The van der Waals surface area contributed by atoms with Crippen LogP contribution < -0.4 is 20.4 Å². The molecule has 0 unspecified atom stereocenters. The largest absolute Gasteiger partial charge is 0.511 e. The molecule has 12 nitrogen and oxygen atoms in total. The maximum absolute atomic E-state index is 15.2. The van der Waals surface area contributed by atoms with Gasteiger partial charge in [0, 0.05) is 48.2 Å². The maximum Gasteiger partial charge on any atom is 0.511 e. The Hall–Kier alpha value is -4.05. The summed E-state index contributed by atoms with van der Waals surface area (Å²) >= 11 is 6.91. The fraction of sp³-hybridized carbons (Fsp3) is 0.259. The fourth-order valence-corrected chi connectivity index (χ4v) is 7.61. The Morgan fingerprint density at radius 2 is 1.84 bits per heavy atom. The third kappa shape index (κ3) is 6.34. The Bertz CT molecular complexity index is 1870. The Kier molecular flexibility index (Phi) is 8.69. The molecule has 1 fully saturated rings. The fourth-order valence-electron chi connectivity index (χ4n) is 4.61. The van der Waals surface area contributed by atoms with Crippen molar-refractivity contribution in [2.24, 2.45) is 0 Å². The zero-order valence-electron chi connectivity index (χ0n) is 22.6. The quantitative estimate of drug-likeness (QED) is 0.272. The number of carboxylic acid groups (broad SMARTS) is 1. The van der Waals surface area contributed by atoms with E-state index in [0.29, 0.717) is 22.0 Å². The van der Waals surface area contributed by atoms with Crippen molar-refractivity contribution in [1.29, 1.82) is 0 Å². The number of hydrogen-bond acceptors (Lipinski definition) is 9. The van der Waals surface area contributed by atoms with E-state index in [0.717, 1.165) is 17.4 Å². The number of aromatic nitrogens is 2. The smallest absolute Gasteiger partial charge is 0.449 e. The zero-order chi connectivity index (χ0) is 30.9. The van der Waals surface area contributed by atoms with E-state index in [1.165, 1.54) is 21.1 Å². The lowest BCUT2D eigenvalue weighted by Crippen LogP contribution is -2.49. The minimum Gasteiger partial charge on any atom is -0.449 e. The number of sulfonamides is 1. The van der Waals surface area contributed by atoms with Gasteiger partial charge in [-0.1, -0.05) is 11.6 Å². The molecule has 3 aromatic heterocycles. The summed E-state index contributed by atoms with van der Waals surface area (Å²) in [5.41, 5.74) is -0.235. The third-order valence-corrected chi connectivity index (χ3v) is 10.5. The van der Waals surface area contributed by atoms with Crippen LogP contribution in [0.3, 0.4) is 0 Å². The first kappa shape index (κ1) is 30.4. The van der Waals surface area contributed by atoms with Crippen molar-refractivity contribution in [3.63, 3.8) is 0 Å². The average molecular weight is 650 g/mol. The van der Waals surface area contributed by atoms with Crippen molar-refractivity contribution in [3.8, 4) is 5.75 Å². The molecule has 4 heterocycles. The highest BCUT2D eigenvalue weighted by atomic mass is 35.5. The zero-order valence-corrected chi connectivity index (χ0v) is 25.0. The molecule has 0 saturated carbocycles. The molecule has 1 aromatic carbocycles. The van der Waals surface area contributed by atoms with E-state index in [1.807, 2.05) is 0 Å². The molecule has 0 bridgehead atoms. The molecule has 1 aliphatic rings. The molecular weight excluding hydrogens is 625 g/mol. The van der Waals surface area contributed by atoms with Crippen LogP contribution in [0.25, 0.3) is 11.0 Å². The Balaban J connectivity index is 1.27. The first-order chi connectivity index (χ1) is 20.5. The standard InChI is InChI=1S/C27H25ClFN5O7S2/c1-2-32-15-21(41-27(37)38)23(35)19-13-20(29)25(31-24(19)32)33-9-11-34(12-10-33)43(39,40)22-8-7-18(42-22)14-30-26(36)16-3-5-17(28)6-4-16/h3-8,13,15H,2,9-12,14H2,1H3,(H,30,36)(H,37,38). The van der Waals surface area contributed by atoms with Crippen molar-refractivity contribution in [2.75, 3.05) is 31.1 Å². The molecule has 0 atom stereocenters. The summed E-state index contributed by atoms with van der Waals surface area (Å²) in [6.07, 6.45) is -0.465. The number of pyridine rings is 2. The number of nitrogens with one attached hydrogen (secondary N) is 1. The monoisotopic (exact) mass is 649 g/mol. The summed E-state index contributed by atoms with van der Waals surface area (Å²) < 4.78 is 49.3. The van der Waals surface area contributed by atoms with Crippen LogP contribution in [0.15, 0.2) is 57.7 Å². The molecule has 2 N–H and O–H groups in total. The molecule has 4 aromatic rings. The van der Waals surface area contributed by atoms with Gasteiger partial charge in [-0.25, -0.2) is 22.6 Å². The highest BCUT2D eigenvalue weighted by Gasteiger charge is 2.31. The maximum atomic E-state index is 15.2. The highest BCUT2D eigenvalue weighted by Crippen LogP contribution is 2.28. The second-order valence-electron chi connectivity index (χ2n) is 9.44. The predicted octanol–water partition coefficient (Wildman–Crippen LogP) is 3.77. The molecule has 1 aliphatic heterocycles. The first-order valence-corrected chi connectivity index (χ1v) is 15.6. The van der Waals surface area contributed by atoms with Crippen LogP contribution in [-0.2, 0) is 23.1 Å². The first-order valence-electron chi connectivity index (χ1n) is 13.0. The highest BCUT2D eigenvalue weighted by molar-refractivity contribution is 7.91. The van der Waals surface area contributed by atoms with E-state index in [1.54, 1.807) is 42.2 Å². The number of amides is 1. The Labute approximate surface area is 253 Å². The summed E-state index contributed by atoms with van der Waals surface area (Å²) in [6.45, 7) is 2.59. The van der Waals surface area contributed by atoms with Crippen molar-refractivity contribution in [2.45, 2.75) is 24.2 Å². The van der Waals surface area contributed by atoms with Crippen LogP contribution in [0.5, 0.6) is 5.75 Å². The lowest BCUT2D eigenvalue weighted by Gasteiger charge is -2.34. The van der Waals surface area contributed by atoms with Crippen LogP contribution in [0.1, 0.15) is 22.2 Å². The van der Waals surface area contributed by atoms with Gasteiger partial charge in [0.25, 0.3) is 15.9 Å². The number of nitrogens with zero attached hydrogens (tertiary/aromatic N) is 4. The second-order valence-corrected chi connectivity index (χ2v) is 13.2. The number of aryl methyl sites for hydroxylation is 1. The molecule has 43 heavy (non-hydrogen) atoms. The molecule has 16 heteroatoms. The van der Waals surface area contributed by atoms with Crippen LogP contribution in [0.4, 0.5) is 15.0 Å². The van der Waals surface area contributed by atoms with E-state index < -0.39 is 33.2 Å². The van der Waals surface area contributed by atoms with Crippen LogP contribution in [0.2, 0.25) is 5.02 Å². The summed E-state index contributed by atoms with van der Waals surface area (Å²) in [6, 6.07) is 10.5. The van der Waals surface area contributed by atoms with Gasteiger partial charge in [0.2, 0.25) is 5.43 Å². The SMILES string of the molecule is CCn1cc(OC(=O)O)c(=O)c2cc(F)c(N3CCN(S(=O)(=O)c4ccc(CNC(=O)c5ccc(Cl)cc5)s4)CC3)nc21. The minimum atomic E-state index is -3.84. The number of fused-ring (bicyclic) bond motifs is 1. The average Bonchev–Trinajstić information content (AvgIpc) is 3.48. The van der Waals surface area contributed by atoms with Crippen LogP contribution in [0, 0.1) is 5.82 Å². The van der Waals surface area contributed by atoms with Gasteiger partial charge >= 0.3 is 6.16 Å². The van der Waals surface area contributed by atoms with Gasteiger partial charge in [-0.15, -0.1) is 11.3 Å². The summed E-state index contributed by atoms with van der Waals surface area (Å²) in [7, 11) is -3.84. The van der Waals surface area contributed by atoms with Crippen LogP contribution >= 0.6 is 22.9 Å². The lowest BCUT2D eigenvalue weighted by atomic mass is 10.2. The normalized spacial score (nSPS) is 14.2. The molecular formula is C27H25ClFN5O7S2. The van der Waals surface area contributed by atoms with Gasteiger partial charge in [-0.2, -0.15) is 4.31 Å². The molecule has 0 spiro atoms. The number of benzene rings is 1. The molecule has 5 rings (SSSR count). The van der Waals surface area contributed by atoms with Crippen molar-refractivity contribution in [1.82, 2.24) is 19.2 Å². The van der Waals surface area contributed by atoms with Crippen molar-refractivity contribution >= 4 is 61.9 Å². The van der Waals surface area contributed by atoms with E-state index in [-0.39, 0.29) is 59.7 Å². The number of carbonyl (C=O) groups excluding carboxylic acids is 1. The summed E-state index contributed by atoms with van der Waals surface area (Å²) in [5.74, 6) is -1.63. The van der Waals surface area contributed by atoms with Crippen molar-refractivity contribution < 1.29 is 32.2 Å². The van der Waals surface area contributed by atoms with E-state index in [4.69, 9.17) is 16.7 Å². The van der Waals surface area contributed by atoms with Gasteiger partial charge in [0.05, 0.1) is 18.1 Å². The van der Waals surface area contributed by atoms with Crippen LogP contribution in [-0.4, -0.2) is 65.6 Å². The Morgan fingerprint density at radius 3 is 2.49 bits per heavy atom. The summed E-state index contributed by atoms with van der Waals surface area (Å²) in [5, 5.41) is 12.0. The number of piperazine rings is 1. The van der Waals surface area contributed by atoms with Gasteiger partial charge in [-0.05, 0) is 49.4 Å². The molecule has 1 saturated heterocycles. The van der Waals surface area contributed by atoms with E-state index in [9.17, 15) is 22.8 Å². The lowest BCUT2D eigenvalue weighted by molar-refractivity contribution is 0.0951. The number of anilines is 1. The van der Waals surface area contributed by atoms with Crippen molar-refractivity contribution in [3.05, 3.63) is 80.2 Å². The number of carbonyl (C=O) groups is 2. The molecule has 1 amide bonds. The van der Waals surface area contributed by atoms with E-state index in [2.05, 4.69) is 15.0 Å². The summed E-state index contributed by atoms with van der Waals surface area (Å²) in [4.78, 5) is 42.6. The van der Waals surface area contributed by atoms with Gasteiger partial charge in [0.1, 0.15) is 9.86 Å². The Morgan fingerprint density at radius 1 is 1.14 bits per heavy atom. The van der Waals surface area contributed by atoms with Gasteiger partial charge in [0.15, 0.2) is 17.4 Å². The number of rotatable bonds is 8. The number of hydrogen-bond donors (Lipinski definition) is 2. The number of ether oxygens (including phenoxy) is 1. The second kappa shape index (κ2) is 12.3. The topological polar surface area (TPSA) is 151 Å². The molecule has 0 aliphatic carbocycles. The third-order valence-electron chi connectivity index (χ3n) is 6.79. The number of thiophene rings is 1. The number of halogens is 2. The van der Waals surface area contributed by atoms with E-state index >= 15 is 4.39 Å². The predicted molar refractivity (Wildman–Crippen MR) is 158 cm³/mol. The van der Waals surface area contributed by atoms with Gasteiger partial charge in [-0.3, -0.25) is 9.59 Å². The molecule has 0 radical (unpaired) electrons. The molecule has 226 valence electrons.